The van der Waals surface area contributed by atoms with E-state index in [-0.39, 0.29) is 0 Å². The van der Waals surface area contributed by atoms with Crippen LogP contribution in [-0.2, 0) is 25.7 Å². The van der Waals surface area contributed by atoms with Crippen molar-refractivity contribution in [2.45, 2.75) is 53.4 Å². The van der Waals surface area contributed by atoms with E-state index in [4.69, 9.17) is 0 Å². The molecule has 0 spiro atoms. The van der Waals surface area contributed by atoms with Gasteiger partial charge in [0, 0.05) is 71.3 Å². The van der Waals surface area contributed by atoms with E-state index in [1.165, 1.54) is 51.1 Å². The van der Waals surface area contributed by atoms with Gasteiger partial charge in [-0.05, 0) is 70.8 Å². The molecule has 34 heavy (non-hydrogen) atoms. The van der Waals surface area contributed by atoms with Crippen LogP contribution in [0, 0.1) is 0 Å². The van der Waals surface area contributed by atoms with Crippen molar-refractivity contribution < 1.29 is 0 Å². The summed E-state index contributed by atoms with van der Waals surface area (Å²) < 4.78 is 9.09. The first kappa shape index (κ1) is 20.2. The van der Waals surface area contributed by atoms with Crippen LogP contribution in [0.1, 0.15) is 49.9 Å². The molecule has 0 unspecified atom stereocenters. The third-order valence-corrected chi connectivity index (χ3v) is 12.6. The maximum absolute atomic E-state index is 2.48. The average molecular weight is 513 g/mol. The van der Waals surface area contributed by atoms with Gasteiger partial charge in [-0.3, -0.25) is 0 Å². The topological polar surface area (TPSA) is 0 Å². The molecule has 0 saturated heterocycles. The van der Waals surface area contributed by atoms with Gasteiger partial charge in [-0.2, -0.15) is 0 Å². The summed E-state index contributed by atoms with van der Waals surface area (Å²) in [4.78, 5) is 0. The molecule has 0 N–H and O–H groups in total. The summed E-state index contributed by atoms with van der Waals surface area (Å²) in [5.74, 6) is 0. The summed E-state index contributed by atoms with van der Waals surface area (Å²) in [6.45, 7) is 9.38. The second-order valence-corrected chi connectivity index (χ2v) is 13.3. The molecule has 0 fully saturated rings. The highest BCUT2D eigenvalue weighted by Gasteiger charge is 2.27. The summed E-state index contributed by atoms with van der Waals surface area (Å²) in [5.41, 5.74) is 6.35. The second-order valence-electron chi connectivity index (χ2n) is 9.46. The van der Waals surface area contributed by atoms with Gasteiger partial charge in [-0.25, -0.2) is 0 Å². The Morgan fingerprint density at radius 2 is 0.853 bits per heavy atom. The standard InChI is InChI=1S/C30H24S4/c1-5-13-15(7-3)29-25-21-17(11-31-27(13)21)18-12-32-28-14(6-2)16(8-4)30-26(22(18)28)24-20(34-30)10-9-19(33-29)23(24)25/h9-12H,5-8H2,1-4H3. The fourth-order valence-corrected chi connectivity index (χ4v) is 11.9. The van der Waals surface area contributed by atoms with Crippen LogP contribution in [0.2, 0.25) is 0 Å². The highest BCUT2D eigenvalue weighted by atomic mass is 32.1. The Bertz CT molecular complexity index is 1900. The SMILES string of the molecule is CCc1c(CC)c2sc3ccc4sc5c(CC)c(CC)c6scc7c8csc1c8c2c3c4c5c67. The van der Waals surface area contributed by atoms with Crippen molar-refractivity contribution in [1.82, 2.24) is 0 Å². The molecule has 0 aliphatic carbocycles. The van der Waals surface area contributed by atoms with Crippen LogP contribution in [-0.4, -0.2) is 0 Å². The first-order chi connectivity index (χ1) is 16.7. The third-order valence-electron chi connectivity index (χ3n) is 8.12. The molecule has 0 nitrogen and oxygen atoms in total. The minimum absolute atomic E-state index is 1.11. The minimum atomic E-state index is 1.11. The van der Waals surface area contributed by atoms with Crippen molar-refractivity contribution in [3.63, 3.8) is 0 Å². The number of thiophene rings is 4. The molecule has 8 rings (SSSR count). The Balaban J connectivity index is 1.85. The molecule has 8 aromatic rings. The summed E-state index contributed by atoms with van der Waals surface area (Å²) in [7, 11) is 0. The van der Waals surface area contributed by atoms with Crippen LogP contribution in [0.15, 0.2) is 22.9 Å². The molecule has 0 aliphatic rings. The van der Waals surface area contributed by atoms with Crippen molar-refractivity contribution in [1.29, 1.82) is 0 Å². The van der Waals surface area contributed by atoms with Crippen molar-refractivity contribution in [2.75, 3.05) is 0 Å². The highest BCUT2D eigenvalue weighted by Crippen LogP contribution is 2.56. The average Bonchev–Trinajstić information content (AvgIpc) is 3.61. The molecule has 0 amide bonds. The van der Waals surface area contributed by atoms with Gasteiger partial charge in [0.1, 0.15) is 0 Å². The van der Waals surface area contributed by atoms with Crippen LogP contribution < -0.4 is 0 Å². The Hall–Kier alpha value is -1.98. The molecule has 0 bridgehead atoms. The number of hydrogen-bond acceptors (Lipinski definition) is 4. The van der Waals surface area contributed by atoms with E-state index in [0.29, 0.717) is 0 Å². The van der Waals surface area contributed by atoms with E-state index in [0.717, 1.165) is 25.7 Å². The largest absolute Gasteiger partial charge is 0.143 e. The smallest absolute Gasteiger partial charge is 0.0397 e. The second kappa shape index (κ2) is 6.82. The van der Waals surface area contributed by atoms with E-state index < -0.39 is 0 Å². The molecule has 0 radical (unpaired) electrons. The molecule has 0 atom stereocenters. The van der Waals surface area contributed by atoms with Crippen LogP contribution in [0.5, 0.6) is 0 Å². The summed E-state index contributed by atoms with van der Waals surface area (Å²) in [5, 5.41) is 17.2. The first-order valence-corrected chi connectivity index (χ1v) is 15.8. The van der Waals surface area contributed by atoms with E-state index in [9.17, 15) is 0 Å². The number of rotatable bonds is 4. The van der Waals surface area contributed by atoms with Gasteiger partial charge in [-0.15, -0.1) is 45.3 Å². The van der Waals surface area contributed by atoms with Gasteiger partial charge >= 0.3 is 0 Å². The molecule has 0 saturated carbocycles. The van der Waals surface area contributed by atoms with Crippen LogP contribution >= 0.6 is 45.3 Å². The van der Waals surface area contributed by atoms with Crippen molar-refractivity contribution in [3.8, 4) is 0 Å². The van der Waals surface area contributed by atoms with Crippen LogP contribution in [0.25, 0.3) is 71.3 Å². The Morgan fingerprint density at radius 3 is 1.24 bits per heavy atom. The number of hydrogen-bond donors (Lipinski definition) is 0. The normalized spacial score (nSPS) is 13.2. The molecule has 4 heterocycles. The molecule has 4 heteroatoms. The molecular weight excluding hydrogens is 489 g/mol. The summed E-state index contributed by atoms with van der Waals surface area (Å²) in [6, 6.07) is 4.83. The lowest BCUT2D eigenvalue weighted by Gasteiger charge is -2.13. The van der Waals surface area contributed by atoms with Gasteiger partial charge in [0.15, 0.2) is 0 Å². The lowest BCUT2D eigenvalue weighted by atomic mass is 9.90. The molecule has 4 aromatic carbocycles. The quantitative estimate of drug-likeness (QED) is 0.220. The van der Waals surface area contributed by atoms with Crippen molar-refractivity contribution >= 4 is 117 Å². The molecular formula is C30H24S4. The first-order valence-electron chi connectivity index (χ1n) is 12.4. The van der Waals surface area contributed by atoms with Gasteiger partial charge in [-0.1, -0.05) is 27.7 Å². The number of aryl methyl sites for hydroxylation is 4. The monoisotopic (exact) mass is 512 g/mol. The lowest BCUT2D eigenvalue weighted by Crippen LogP contribution is -1.93. The Kier molecular flexibility index (Phi) is 4.06. The van der Waals surface area contributed by atoms with Crippen molar-refractivity contribution in [3.05, 3.63) is 45.1 Å². The Labute approximate surface area is 214 Å². The van der Waals surface area contributed by atoms with E-state index >= 15 is 0 Å². The van der Waals surface area contributed by atoms with E-state index in [1.807, 2.05) is 45.3 Å². The minimum Gasteiger partial charge on any atom is -0.143 e. The Morgan fingerprint density at radius 1 is 0.471 bits per heavy atom. The maximum atomic E-state index is 2.48. The fourth-order valence-electron chi connectivity index (χ4n) is 6.78. The molecule has 0 aliphatic heterocycles. The van der Waals surface area contributed by atoms with Gasteiger partial charge in [0.25, 0.3) is 0 Å². The van der Waals surface area contributed by atoms with Crippen LogP contribution in [0.3, 0.4) is 0 Å². The molecule has 4 aromatic heterocycles. The third kappa shape index (κ3) is 2.13. The number of benzene rings is 3. The van der Waals surface area contributed by atoms with Gasteiger partial charge in [0.05, 0.1) is 0 Å². The van der Waals surface area contributed by atoms with Gasteiger partial charge < -0.3 is 0 Å². The van der Waals surface area contributed by atoms with Crippen LogP contribution in [0.4, 0.5) is 0 Å². The zero-order valence-corrected chi connectivity index (χ0v) is 23.0. The molecule has 168 valence electrons. The van der Waals surface area contributed by atoms with Crippen molar-refractivity contribution in [2.24, 2.45) is 0 Å². The van der Waals surface area contributed by atoms with E-state index in [2.05, 4.69) is 50.6 Å². The maximum Gasteiger partial charge on any atom is 0.0397 e. The van der Waals surface area contributed by atoms with Gasteiger partial charge in [0.2, 0.25) is 0 Å². The summed E-state index contributed by atoms with van der Waals surface area (Å²) >= 11 is 8.06. The highest BCUT2D eigenvalue weighted by molar-refractivity contribution is 7.29. The zero-order valence-electron chi connectivity index (χ0n) is 19.8. The number of fused-ring (bicyclic) bond motifs is 1. The zero-order chi connectivity index (χ0) is 22.9. The summed E-state index contributed by atoms with van der Waals surface area (Å²) in [6.07, 6.45) is 4.43. The predicted molar refractivity (Wildman–Crippen MR) is 160 cm³/mol. The lowest BCUT2D eigenvalue weighted by molar-refractivity contribution is 1.07. The fraction of sp³-hybridized carbons (Fsp3) is 0.267. The van der Waals surface area contributed by atoms with E-state index in [1.54, 1.807) is 42.4 Å². The predicted octanol–water partition coefficient (Wildman–Crippen LogP) is 11.1.